The summed E-state index contributed by atoms with van der Waals surface area (Å²) in [6.45, 7) is 4.23. The molecule has 1 aliphatic carbocycles. The summed E-state index contributed by atoms with van der Waals surface area (Å²) in [5, 5.41) is 0.768. The van der Waals surface area contributed by atoms with Crippen LogP contribution in [0.25, 0.3) is 0 Å². The molecule has 1 aromatic carbocycles. The van der Waals surface area contributed by atoms with Crippen molar-refractivity contribution in [2.24, 2.45) is 5.73 Å². The van der Waals surface area contributed by atoms with Crippen LogP contribution >= 0.6 is 11.6 Å². The van der Waals surface area contributed by atoms with Crippen molar-refractivity contribution in [3.05, 3.63) is 22.2 Å². The number of rotatable bonds is 5. The van der Waals surface area contributed by atoms with Gasteiger partial charge in [-0.25, -0.2) is 0 Å². The zero-order chi connectivity index (χ0) is 14.2. The van der Waals surface area contributed by atoms with E-state index in [-0.39, 0.29) is 5.54 Å². The lowest BCUT2D eigenvalue weighted by Crippen LogP contribution is -2.25. The summed E-state index contributed by atoms with van der Waals surface area (Å²) in [5.74, 6) is 1.78. The molecule has 1 aliphatic rings. The first-order valence-corrected chi connectivity index (χ1v) is 7.02. The maximum Gasteiger partial charge on any atom is 0.165 e. The van der Waals surface area contributed by atoms with Crippen LogP contribution in [-0.2, 0) is 6.42 Å². The van der Waals surface area contributed by atoms with Crippen molar-refractivity contribution in [1.82, 2.24) is 0 Å². The Morgan fingerprint density at radius 1 is 1.32 bits per heavy atom. The molecule has 3 nitrogen and oxygen atoms in total. The van der Waals surface area contributed by atoms with Crippen LogP contribution in [0, 0.1) is 0 Å². The Morgan fingerprint density at radius 3 is 2.37 bits per heavy atom. The smallest absolute Gasteiger partial charge is 0.165 e. The van der Waals surface area contributed by atoms with Crippen molar-refractivity contribution in [3.63, 3.8) is 0 Å². The van der Waals surface area contributed by atoms with E-state index >= 15 is 0 Å². The molecule has 0 aromatic heterocycles. The van der Waals surface area contributed by atoms with Gasteiger partial charge in [0, 0.05) is 11.1 Å². The first-order chi connectivity index (χ1) is 8.91. The highest BCUT2D eigenvalue weighted by Crippen LogP contribution is 2.46. The molecule has 0 radical (unpaired) electrons. The van der Waals surface area contributed by atoms with E-state index < -0.39 is 0 Å². The predicted molar refractivity (Wildman–Crippen MR) is 78.5 cm³/mol. The van der Waals surface area contributed by atoms with E-state index in [1.54, 1.807) is 14.2 Å². The fourth-order valence-electron chi connectivity index (χ4n) is 2.34. The summed E-state index contributed by atoms with van der Waals surface area (Å²) in [6, 6.07) is 1.96. The molecule has 1 saturated carbocycles. The molecule has 0 spiro atoms. The van der Waals surface area contributed by atoms with Crippen LogP contribution in [0.3, 0.4) is 0 Å². The average molecular weight is 284 g/mol. The van der Waals surface area contributed by atoms with Gasteiger partial charge in [-0.3, -0.25) is 0 Å². The van der Waals surface area contributed by atoms with Gasteiger partial charge in [0.2, 0.25) is 0 Å². The fourth-order valence-corrected chi connectivity index (χ4v) is 2.76. The topological polar surface area (TPSA) is 44.5 Å². The number of nitrogens with two attached hydrogens (primary N) is 1. The number of halogens is 1. The van der Waals surface area contributed by atoms with Crippen LogP contribution in [-0.4, -0.2) is 19.8 Å². The van der Waals surface area contributed by atoms with E-state index in [1.807, 2.05) is 6.07 Å². The van der Waals surface area contributed by atoms with Crippen molar-refractivity contribution in [1.29, 1.82) is 0 Å². The predicted octanol–water partition coefficient (Wildman–Crippen LogP) is 3.51. The molecule has 2 rings (SSSR count). The Morgan fingerprint density at radius 2 is 1.95 bits per heavy atom. The lowest BCUT2D eigenvalue weighted by molar-refractivity contribution is 0.350. The third kappa shape index (κ3) is 2.82. The first kappa shape index (κ1) is 14.5. The number of methoxy groups -OCH3 is 2. The summed E-state index contributed by atoms with van der Waals surface area (Å²) in [4.78, 5) is 0. The van der Waals surface area contributed by atoms with E-state index in [1.165, 1.54) is 0 Å². The lowest BCUT2D eigenvalue weighted by Gasteiger charge is -2.21. The molecular formula is C15H22ClNO2. The minimum atomic E-state index is -0.114. The molecule has 1 aromatic rings. The Labute approximate surface area is 120 Å². The summed E-state index contributed by atoms with van der Waals surface area (Å²) >= 11 is 6.56. The minimum Gasteiger partial charge on any atom is -0.493 e. The van der Waals surface area contributed by atoms with Gasteiger partial charge < -0.3 is 15.2 Å². The molecular weight excluding hydrogens is 262 g/mol. The molecule has 0 amide bonds. The molecule has 0 heterocycles. The molecule has 0 aliphatic heterocycles. The zero-order valence-corrected chi connectivity index (χ0v) is 12.8. The minimum absolute atomic E-state index is 0.114. The highest BCUT2D eigenvalue weighted by molar-refractivity contribution is 6.32. The maximum absolute atomic E-state index is 6.56. The van der Waals surface area contributed by atoms with Crippen LogP contribution in [0.15, 0.2) is 6.07 Å². The second-order valence-corrected chi connectivity index (χ2v) is 6.07. The Bertz CT molecular complexity index is 482. The van der Waals surface area contributed by atoms with Gasteiger partial charge in [-0.1, -0.05) is 25.4 Å². The van der Waals surface area contributed by atoms with Gasteiger partial charge in [0.1, 0.15) is 0 Å². The van der Waals surface area contributed by atoms with Gasteiger partial charge in [0.15, 0.2) is 11.5 Å². The Hall–Kier alpha value is -0.930. The lowest BCUT2D eigenvalue weighted by atomic mass is 9.95. The quantitative estimate of drug-likeness (QED) is 0.899. The summed E-state index contributed by atoms with van der Waals surface area (Å²) < 4.78 is 10.9. The van der Waals surface area contributed by atoms with Gasteiger partial charge in [-0.15, -0.1) is 0 Å². The fraction of sp³-hybridized carbons (Fsp3) is 0.600. The molecule has 0 unspecified atom stereocenters. The highest BCUT2D eigenvalue weighted by Gasteiger charge is 2.40. The van der Waals surface area contributed by atoms with Crippen molar-refractivity contribution in [3.8, 4) is 11.5 Å². The van der Waals surface area contributed by atoms with Crippen LogP contribution in [0.2, 0.25) is 5.02 Å². The van der Waals surface area contributed by atoms with E-state index in [4.69, 9.17) is 26.8 Å². The number of hydrogen-bond acceptors (Lipinski definition) is 3. The van der Waals surface area contributed by atoms with Crippen LogP contribution < -0.4 is 15.2 Å². The SMILES string of the molecule is COc1cc(C(C)C)c(Cl)c(CC2(N)CC2)c1OC. The molecule has 2 N–H and O–H groups in total. The third-order valence-corrected chi connectivity index (χ3v) is 4.22. The molecule has 106 valence electrons. The van der Waals surface area contributed by atoms with Crippen molar-refractivity contribution in [2.75, 3.05) is 14.2 Å². The second-order valence-electron chi connectivity index (χ2n) is 5.69. The summed E-state index contributed by atoms with van der Waals surface area (Å²) in [7, 11) is 3.29. The van der Waals surface area contributed by atoms with Gasteiger partial charge >= 0.3 is 0 Å². The van der Waals surface area contributed by atoms with Crippen LogP contribution in [0.5, 0.6) is 11.5 Å². The number of hydrogen-bond donors (Lipinski definition) is 1. The van der Waals surface area contributed by atoms with E-state index in [0.29, 0.717) is 11.7 Å². The Balaban J connectivity index is 2.55. The van der Waals surface area contributed by atoms with Gasteiger partial charge in [-0.2, -0.15) is 0 Å². The molecule has 1 fully saturated rings. The summed E-state index contributed by atoms with van der Waals surface area (Å²) in [5.41, 5.74) is 8.18. The van der Waals surface area contributed by atoms with Crippen LogP contribution in [0.4, 0.5) is 0 Å². The largest absolute Gasteiger partial charge is 0.493 e. The second kappa shape index (κ2) is 5.22. The monoisotopic (exact) mass is 283 g/mol. The number of benzene rings is 1. The van der Waals surface area contributed by atoms with E-state index in [2.05, 4.69) is 13.8 Å². The molecule has 4 heteroatoms. The standard InChI is InChI=1S/C15H22ClNO2/c1-9(2)10-7-12(18-3)14(19-4)11(13(10)16)8-15(17)5-6-15/h7,9H,5-6,8,17H2,1-4H3. The molecule has 0 atom stereocenters. The van der Waals surface area contributed by atoms with Crippen LogP contribution in [0.1, 0.15) is 43.7 Å². The maximum atomic E-state index is 6.56. The average Bonchev–Trinajstić information content (AvgIpc) is 3.09. The Kier molecular flexibility index (Phi) is 3.98. The van der Waals surface area contributed by atoms with E-state index in [9.17, 15) is 0 Å². The number of ether oxygens (including phenoxy) is 2. The van der Waals surface area contributed by atoms with Gasteiger partial charge in [-0.05, 0) is 36.8 Å². The van der Waals surface area contributed by atoms with Crippen molar-refractivity contribution >= 4 is 11.6 Å². The first-order valence-electron chi connectivity index (χ1n) is 6.64. The van der Waals surface area contributed by atoms with Gasteiger partial charge in [0.05, 0.1) is 19.2 Å². The summed E-state index contributed by atoms with van der Waals surface area (Å²) in [6.07, 6.45) is 2.83. The molecule has 19 heavy (non-hydrogen) atoms. The van der Waals surface area contributed by atoms with E-state index in [0.717, 1.165) is 41.2 Å². The zero-order valence-electron chi connectivity index (χ0n) is 12.0. The normalized spacial score (nSPS) is 16.6. The van der Waals surface area contributed by atoms with Crippen molar-refractivity contribution in [2.45, 2.75) is 44.6 Å². The van der Waals surface area contributed by atoms with Gasteiger partial charge in [0.25, 0.3) is 0 Å². The molecule has 0 bridgehead atoms. The third-order valence-electron chi connectivity index (χ3n) is 3.77. The van der Waals surface area contributed by atoms with Crippen molar-refractivity contribution < 1.29 is 9.47 Å². The molecule has 0 saturated heterocycles. The highest BCUT2D eigenvalue weighted by atomic mass is 35.5.